The normalized spacial score (nSPS) is 10.9. The predicted molar refractivity (Wildman–Crippen MR) is 116 cm³/mol. The lowest BCUT2D eigenvalue weighted by Crippen LogP contribution is -2.32. The summed E-state index contributed by atoms with van der Waals surface area (Å²) in [5.41, 5.74) is 2.57. The van der Waals surface area contributed by atoms with Gasteiger partial charge in [0.25, 0.3) is 0 Å². The molecule has 0 atom stereocenters. The summed E-state index contributed by atoms with van der Waals surface area (Å²) < 4.78 is 6.13. The van der Waals surface area contributed by atoms with Crippen molar-refractivity contribution in [3.05, 3.63) is 71.8 Å². The van der Waals surface area contributed by atoms with E-state index in [-0.39, 0.29) is 6.10 Å². The first-order valence-corrected chi connectivity index (χ1v) is 10.3. The number of benzene rings is 2. The first kappa shape index (κ1) is 22.9. The molecule has 0 bridgehead atoms. The molecule has 2 aromatic carbocycles. The van der Waals surface area contributed by atoms with E-state index in [0.29, 0.717) is 13.3 Å². The molecule has 2 aromatic rings. The zero-order chi connectivity index (χ0) is 20.6. The lowest BCUT2D eigenvalue weighted by molar-refractivity contribution is 0.0414. The molecule has 0 fully saturated rings. The molecule has 0 radical (unpaired) electrons. The Hall–Kier alpha value is -2.41. The highest BCUT2D eigenvalue weighted by Gasteiger charge is 2.11. The minimum absolute atomic E-state index is 0.127. The largest absolute Gasteiger partial charge is 0.465 e. The minimum atomic E-state index is -0.958. The van der Waals surface area contributed by atoms with Crippen LogP contribution in [-0.4, -0.2) is 50.2 Å². The van der Waals surface area contributed by atoms with E-state index < -0.39 is 6.09 Å². The van der Waals surface area contributed by atoms with Gasteiger partial charge in [-0.2, -0.15) is 0 Å². The molecule has 0 heterocycles. The highest BCUT2D eigenvalue weighted by Crippen LogP contribution is 2.12. The van der Waals surface area contributed by atoms with E-state index in [4.69, 9.17) is 9.84 Å². The second-order valence-corrected chi connectivity index (χ2v) is 7.00. The zero-order valence-corrected chi connectivity index (χ0v) is 17.0. The fourth-order valence-corrected chi connectivity index (χ4v) is 3.07. The average molecular weight is 400 g/mol. The summed E-state index contributed by atoms with van der Waals surface area (Å²) >= 11 is 0. The zero-order valence-electron chi connectivity index (χ0n) is 17.0. The molecular formula is C23H33N3O3. The van der Waals surface area contributed by atoms with Crippen LogP contribution in [0, 0.1) is 0 Å². The fourth-order valence-electron chi connectivity index (χ4n) is 3.07. The number of rotatable bonds is 15. The van der Waals surface area contributed by atoms with Gasteiger partial charge in [-0.1, -0.05) is 60.7 Å². The monoisotopic (exact) mass is 399 g/mol. The molecule has 6 nitrogen and oxygen atoms in total. The lowest BCUT2D eigenvalue weighted by Gasteiger charge is -2.19. The van der Waals surface area contributed by atoms with E-state index >= 15 is 0 Å². The summed E-state index contributed by atoms with van der Waals surface area (Å²) in [6.07, 6.45) is 2.74. The number of carbonyl (C=O) groups is 1. The van der Waals surface area contributed by atoms with Gasteiger partial charge in [-0.05, 0) is 43.4 Å². The second-order valence-electron chi connectivity index (χ2n) is 7.00. The standard InChI is InChI=1S/C23H33N3O3/c27-23(28)26-14-8-7-13-24-15-16-25-19-29-22(17-20-9-3-1-4-10-20)18-21-11-5-2-6-12-21/h1-6,9-12,22,24-26H,7-8,13-19H2,(H,27,28). The molecule has 0 spiro atoms. The molecule has 0 unspecified atom stereocenters. The third kappa shape index (κ3) is 11.2. The van der Waals surface area contributed by atoms with Crippen LogP contribution in [0.5, 0.6) is 0 Å². The molecule has 0 aromatic heterocycles. The van der Waals surface area contributed by atoms with Gasteiger partial charge in [-0.15, -0.1) is 0 Å². The number of carboxylic acid groups (broad SMARTS) is 1. The highest BCUT2D eigenvalue weighted by molar-refractivity contribution is 5.64. The molecule has 0 saturated carbocycles. The van der Waals surface area contributed by atoms with Crippen LogP contribution >= 0.6 is 0 Å². The SMILES string of the molecule is O=C(O)NCCCCNCCNCOC(Cc1ccccc1)Cc1ccccc1. The fraction of sp³-hybridized carbons (Fsp3) is 0.435. The van der Waals surface area contributed by atoms with Crippen LogP contribution < -0.4 is 16.0 Å². The van der Waals surface area contributed by atoms with Gasteiger partial charge in [0.2, 0.25) is 0 Å². The molecule has 0 saturated heterocycles. The topological polar surface area (TPSA) is 82.6 Å². The molecule has 0 aliphatic carbocycles. The molecule has 158 valence electrons. The summed E-state index contributed by atoms with van der Waals surface area (Å²) in [5.74, 6) is 0. The van der Waals surface area contributed by atoms with Gasteiger partial charge in [0.1, 0.15) is 0 Å². The Labute approximate surface area is 173 Å². The van der Waals surface area contributed by atoms with E-state index in [1.165, 1.54) is 11.1 Å². The van der Waals surface area contributed by atoms with Crippen LogP contribution in [0.2, 0.25) is 0 Å². The highest BCUT2D eigenvalue weighted by atomic mass is 16.5. The maximum absolute atomic E-state index is 10.3. The lowest BCUT2D eigenvalue weighted by atomic mass is 10.0. The Morgan fingerprint density at radius 3 is 1.93 bits per heavy atom. The van der Waals surface area contributed by atoms with Gasteiger partial charge >= 0.3 is 6.09 Å². The molecule has 6 heteroatoms. The van der Waals surface area contributed by atoms with Gasteiger partial charge in [-0.25, -0.2) is 4.79 Å². The second kappa shape index (κ2) is 14.6. The van der Waals surface area contributed by atoms with Crippen LogP contribution in [0.25, 0.3) is 0 Å². The van der Waals surface area contributed by atoms with E-state index in [9.17, 15) is 4.79 Å². The van der Waals surface area contributed by atoms with Crippen molar-refractivity contribution in [1.29, 1.82) is 0 Å². The van der Waals surface area contributed by atoms with Crippen molar-refractivity contribution in [2.75, 3.05) is 32.9 Å². The first-order chi connectivity index (χ1) is 14.2. The Morgan fingerprint density at radius 1 is 0.793 bits per heavy atom. The number of hydrogen-bond donors (Lipinski definition) is 4. The van der Waals surface area contributed by atoms with Gasteiger partial charge in [0, 0.05) is 19.6 Å². The molecule has 29 heavy (non-hydrogen) atoms. The summed E-state index contributed by atoms with van der Waals surface area (Å²) in [6, 6.07) is 20.9. The van der Waals surface area contributed by atoms with Gasteiger partial charge in [0.15, 0.2) is 0 Å². The number of ether oxygens (including phenoxy) is 1. The number of amides is 1. The third-order valence-corrected chi connectivity index (χ3v) is 4.57. The van der Waals surface area contributed by atoms with E-state index in [1.54, 1.807) is 0 Å². The average Bonchev–Trinajstić information content (AvgIpc) is 2.73. The molecular weight excluding hydrogens is 366 g/mol. The van der Waals surface area contributed by atoms with E-state index in [1.807, 2.05) is 12.1 Å². The van der Waals surface area contributed by atoms with Gasteiger partial charge in [-0.3, -0.25) is 5.32 Å². The van der Waals surface area contributed by atoms with Crippen molar-refractivity contribution < 1.29 is 14.6 Å². The Balaban J connectivity index is 1.60. The minimum Gasteiger partial charge on any atom is -0.465 e. The van der Waals surface area contributed by atoms with Crippen molar-refractivity contribution in [2.45, 2.75) is 31.8 Å². The first-order valence-electron chi connectivity index (χ1n) is 10.3. The van der Waals surface area contributed by atoms with Crippen molar-refractivity contribution in [2.24, 2.45) is 0 Å². The molecule has 1 amide bonds. The van der Waals surface area contributed by atoms with Crippen LogP contribution in [0.1, 0.15) is 24.0 Å². The quantitative estimate of drug-likeness (QED) is 0.273. The molecule has 4 N–H and O–H groups in total. The van der Waals surface area contributed by atoms with E-state index in [0.717, 1.165) is 45.3 Å². The van der Waals surface area contributed by atoms with Crippen LogP contribution in [0.3, 0.4) is 0 Å². The van der Waals surface area contributed by atoms with Crippen molar-refractivity contribution >= 4 is 6.09 Å². The van der Waals surface area contributed by atoms with Gasteiger partial charge < -0.3 is 20.5 Å². The van der Waals surface area contributed by atoms with Crippen molar-refractivity contribution in [3.63, 3.8) is 0 Å². The maximum Gasteiger partial charge on any atom is 0.404 e. The molecule has 0 aliphatic heterocycles. The third-order valence-electron chi connectivity index (χ3n) is 4.57. The Bertz CT molecular complexity index is 626. The van der Waals surface area contributed by atoms with Gasteiger partial charge in [0.05, 0.1) is 12.8 Å². The number of nitrogens with one attached hydrogen (secondary N) is 3. The molecule has 0 aliphatic rings. The number of hydrogen-bond acceptors (Lipinski definition) is 4. The Kier molecular flexibility index (Phi) is 11.5. The summed E-state index contributed by atoms with van der Waals surface area (Å²) in [5, 5.41) is 17.5. The van der Waals surface area contributed by atoms with Crippen molar-refractivity contribution in [1.82, 2.24) is 16.0 Å². The number of unbranched alkanes of at least 4 members (excludes halogenated alkanes) is 1. The van der Waals surface area contributed by atoms with Crippen LogP contribution in [0.4, 0.5) is 4.79 Å². The predicted octanol–water partition coefficient (Wildman–Crippen LogP) is 3.04. The molecule has 2 rings (SSSR count). The Morgan fingerprint density at radius 2 is 1.34 bits per heavy atom. The van der Waals surface area contributed by atoms with Crippen LogP contribution in [-0.2, 0) is 17.6 Å². The summed E-state index contributed by atoms with van der Waals surface area (Å²) in [6.45, 7) is 3.60. The van der Waals surface area contributed by atoms with E-state index in [2.05, 4.69) is 64.5 Å². The van der Waals surface area contributed by atoms with Crippen LogP contribution in [0.15, 0.2) is 60.7 Å². The maximum atomic E-state index is 10.3. The smallest absolute Gasteiger partial charge is 0.404 e. The summed E-state index contributed by atoms with van der Waals surface area (Å²) in [4.78, 5) is 10.3. The summed E-state index contributed by atoms with van der Waals surface area (Å²) in [7, 11) is 0. The van der Waals surface area contributed by atoms with Crippen molar-refractivity contribution in [3.8, 4) is 0 Å².